The minimum Gasteiger partial charge on any atom is -0.497 e. The van der Waals surface area contributed by atoms with E-state index in [1.54, 1.807) is 32.4 Å². The molecule has 1 aliphatic heterocycles. The first-order valence-corrected chi connectivity index (χ1v) is 9.81. The lowest BCUT2D eigenvalue weighted by atomic mass is 10.0. The molecule has 1 unspecified atom stereocenters. The predicted molar refractivity (Wildman–Crippen MR) is 115 cm³/mol. The predicted octanol–water partition coefficient (Wildman–Crippen LogP) is 2.73. The van der Waals surface area contributed by atoms with Crippen molar-refractivity contribution >= 4 is 11.6 Å². The summed E-state index contributed by atoms with van der Waals surface area (Å²) in [6.45, 7) is 0. The van der Waals surface area contributed by atoms with Crippen molar-refractivity contribution in [1.29, 1.82) is 0 Å². The van der Waals surface area contributed by atoms with Crippen molar-refractivity contribution in [2.75, 3.05) is 14.2 Å². The highest BCUT2D eigenvalue weighted by atomic mass is 16.5. The third-order valence-corrected chi connectivity index (χ3v) is 5.50. The number of carbonyl (C=O) groups excluding carboxylic acids is 1. The maximum atomic E-state index is 12.7. The van der Waals surface area contributed by atoms with E-state index in [0.29, 0.717) is 40.5 Å². The topological polar surface area (TPSA) is 97.7 Å². The van der Waals surface area contributed by atoms with Gasteiger partial charge in [0.25, 0.3) is 11.5 Å². The van der Waals surface area contributed by atoms with E-state index in [0.717, 1.165) is 11.1 Å². The molecule has 0 aliphatic carbocycles. The van der Waals surface area contributed by atoms with Gasteiger partial charge in [-0.25, -0.2) is 9.50 Å². The van der Waals surface area contributed by atoms with Gasteiger partial charge in [0.15, 0.2) is 5.65 Å². The molecule has 0 spiro atoms. The minimum absolute atomic E-state index is 0.103. The van der Waals surface area contributed by atoms with Gasteiger partial charge in [-0.15, -0.1) is 0 Å². The molecule has 1 amide bonds. The van der Waals surface area contributed by atoms with E-state index < -0.39 is 0 Å². The maximum Gasteiger partial charge on any atom is 0.272 e. The lowest BCUT2D eigenvalue weighted by Gasteiger charge is -2.11. The van der Waals surface area contributed by atoms with Crippen LogP contribution < -0.4 is 20.3 Å². The molecule has 5 rings (SSSR count). The van der Waals surface area contributed by atoms with E-state index in [9.17, 15) is 9.59 Å². The number of nitrogens with one attached hydrogen (secondary N) is 2. The number of nitrogens with zero attached hydrogens (tertiary/aromatic N) is 2. The number of aromatic nitrogens is 3. The van der Waals surface area contributed by atoms with Crippen molar-refractivity contribution in [1.82, 2.24) is 19.9 Å². The molecule has 156 valence electrons. The fourth-order valence-corrected chi connectivity index (χ4v) is 4.00. The number of amides is 1. The van der Waals surface area contributed by atoms with Crippen molar-refractivity contribution in [3.05, 3.63) is 81.8 Å². The zero-order valence-electron chi connectivity index (χ0n) is 17.0. The summed E-state index contributed by atoms with van der Waals surface area (Å²) in [6, 6.07) is 16.0. The second kappa shape index (κ2) is 7.32. The van der Waals surface area contributed by atoms with Crippen LogP contribution in [-0.2, 0) is 6.42 Å². The van der Waals surface area contributed by atoms with Gasteiger partial charge in [0.1, 0.15) is 11.5 Å². The zero-order chi connectivity index (χ0) is 21.5. The minimum atomic E-state index is -0.226. The molecule has 4 aromatic rings. The van der Waals surface area contributed by atoms with E-state index in [1.807, 2.05) is 30.3 Å². The normalized spacial score (nSPS) is 15.0. The lowest BCUT2D eigenvalue weighted by molar-refractivity contribution is 0.0956. The number of aromatic amines is 1. The summed E-state index contributed by atoms with van der Waals surface area (Å²) >= 11 is 0. The number of methoxy groups -OCH3 is 2. The van der Waals surface area contributed by atoms with Gasteiger partial charge in [0.2, 0.25) is 0 Å². The SMILES string of the molecule is COc1ccc(-c2cc3nc(CC4NC(=O)c5ccccc54)cc(=O)n3[nH]2)c(OC)c1. The molecule has 0 radical (unpaired) electrons. The van der Waals surface area contributed by atoms with Crippen LogP contribution in [-0.4, -0.2) is 34.7 Å². The van der Waals surface area contributed by atoms with Gasteiger partial charge < -0.3 is 14.8 Å². The van der Waals surface area contributed by atoms with Crippen molar-refractivity contribution < 1.29 is 14.3 Å². The Balaban J connectivity index is 1.51. The van der Waals surface area contributed by atoms with Gasteiger partial charge in [-0.1, -0.05) is 18.2 Å². The maximum absolute atomic E-state index is 12.7. The van der Waals surface area contributed by atoms with Gasteiger partial charge in [0, 0.05) is 35.7 Å². The highest BCUT2D eigenvalue weighted by Crippen LogP contribution is 2.33. The van der Waals surface area contributed by atoms with Crippen LogP contribution in [0.5, 0.6) is 11.5 Å². The Morgan fingerprint density at radius 3 is 2.65 bits per heavy atom. The standard InChI is InChI=1S/C23H20N4O4/c1-30-14-7-8-17(20(11-14)31-2)19-12-21-24-13(10-22(28)27(21)26-19)9-18-15-5-3-4-6-16(15)23(29)25-18/h3-8,10-12,18,26H,9H2,1-2H3,(H,25,29). The summed E-state index contributed by atoms with van der Waals surface area (Å²) in [5.41, 5.74) is 3.95. The molecular weight excluding hydrogens is 396 g/mol. The average molecular weight is 416 g/mol. The zero-order valence-corrected chi connectivity index (χ0v) is 17.0. The number of ether oxygens (including phenoxy) is 2. The Hall–Kier alpha value is -4.07. The van der Waals surface area contributed by atoms with Gasteiger partial charge >= 0.3 is 0 Å². The second-order valence-corrected chi connectivity index (χ2v) is 7.33. The quantitative estimate of drug-likeness (QED) is 0.521. The number of H-pyrrole nitrogens is 1. The smallest absolute Gasteiger partial charge is 0.272 e. The number of rotatable bonds is 5. The third-order valence-electron chi connectivity index (χ3n) is 5.50. The molecule has 8 heteroatoms. The Labute approximate surface area is 177 Å². The van der Waals surface area contributed by atoms with E-state index in [-0.39, 0.29) is 17.5 Å². The Morgan fingerprint density at radius 2 is 1.84 bits per heavy atom. The molecule has 8 nitrogen and oxygen atoms in total. The lowest BCUT2D eigenvalue weighted by Crippen LogP contribution is -2.22. The highest BCUT2D eigenvalue weighted by Gasteiger charge is 2.28. The van der Waals surface area contributed by atoms with Crippen molar-refractivity contribution in [3.63, 3.8) is 0 Å². The molecule has 0 fully saturated rings. The van der Waals surface area contributed by atoms with Crippen LogP contribution in [0, 0.1) is 0 Å². The van der Waals surface area contributed by atoms with Crippen molar-refractivity contribution in [2.24, 2.45) is 0 Å². The van der Waals surface area contributed by atoms with Crippen LogP contribution in [0.25, 0.3) is 16.9 Å². The third kappa shape index (κ3) is 3.22. The molecule has 2 aromatic carbocycles. The molecule has 0 bridgehead atoms. The number of hydrogen-bond donors (Lipinski definition) is 2. The van der Waals surface area contributed by atoms with Crippen molar-refractivity contribution in [3.8, 4) is 22.8 Å². The van der Waals surface area contributed by atoms with Gasteiger partial charge in [-0.3, -0.25) is 14.7 Å². The summed E-state index contributed by atoms with van der Waals surface area (Å²) in [7, 11) is 3.17. The summed E-state index contributed by atoms with van der Waals surface area (Å²) in [6.07, 6.45) is 0.431. The summed E-state index contributed by atoms with van der Waals surface area (Å²) in [5.74, 6) is 1.19. The number of fused-ring (bicyclic) bond motifs is 2. The Kier molecular flexibility index (Phi) is 4.47. The van der Waals surface area contributed by atoms with Crippen molar-refractivity contribution in [2.45, 2.75) is 12.5 Å². The van der Waals surface area contributed by atoms with Crippen LogP contribution >= 0.6 is 0 Å². The fourth-order valence-electron chi connectivity index (χ4n) is 4.00. The van der Waals surface area contributed by atoms with E-state index in [4.69, 9.17) is 9.47 Å². The molecule has 2 N–H and O–H groups in total. The summed E-state index contributed by atoms with van der Waals surface area (Å²) in [5, 5.41) is 6.06. The second-order valence-electron chi connectivity index (χ2n) is 7.33. The van der Waals surface area contributed by atoms with Gasteiger partial charge in [0.05, 0.1) is 31.6 Å². The molecule has 0 saturated heterocycles. The molecular formula is C23H20N4O4. The van der Waals surface area contributed by atoms with E-state index in [2.05, 4.69) is 15.4 Å². The molecule has 0 saturated carbocycles. The Bertz CT molecular complexity index is 1370. The van der Waals surface area contributed by atoms with Crippen LogP contribution in [0.1, 0.15) is 27.7 Å². The molecule has 31 heavy (non-hydrogen) atoms. The largest absolute Gasteiger partial charge is 0.497 e. The molecule has 1 atom stereocenters. The number of hydrogen-bond acceptors (Lipinski definition) is 5. The van der Waals surface area contributed by atoms with Crippen LogP contribution in [0.2, 0.25) is 0 Å². The Morgan fingerprint density at radius 1 is 1.00 bits per heavy atom. The monoisotopic (exact) mass is 416 g/mol. The average Bonchev–Trinajstić information content (AvgIpc) is 3.35. The van der Waals surface area contributed by atoms with E-state index in [1.165, 1.54) is 10.6 Å². The van der Waals surface area contributed by atoms with Gasteiger partial charge in [-0.2, -0.15) is 0 Å². The van der Waals surface area contributed by atoms with Crippen LogP contribution in [0.3, 0.4) is 0 Å². The first kappa shape index (κ1) is 18.9. The van der Waals surface area contributed by atoms with Crippen LogP contribution in [0.4, 0.5) is 0 Å². The summed E-state index contributed by atoms with van der Waals surface area (Å²) in [4.78, 5) is 29.6. The van der Waals surface area contributed by atoms with Gasteiger partial charge in [-0.05, 0) is 23.8 Å². The highest BCUT2D eigenvalue weighted by molar-refractivity contribution is 5.99. The molecule has 3 heterocycles. The molecule has 1 aliphatic rings. The fraction of sp³-hybridized carbons (Fsp3) is 0.174. The van der Waals surface area contributed by atoms with E-state index >= 15 is 0 Å². The number of carbonyl (C=O) groups is 1. The van der Waals surface area contributed by atoms with Crippen LogP contribution in [0.15, 0.2) is 59.4 Å². The number of benzene rings is 2. The molecule has 2 aromatic heterocycles. The first-order valence-electron chi connectivity index (χ1n) is 9.81. The first-order chi connectivity index (χ1) is 15.1. The summed E-state index contributed by atoms with van der Waals surface area (Å²) < 4.78 is 12.1.